The fraction of sp³-hybridized carbons (Fsp3) is 0.500. The minimum absolute atomic E-state index is 0.136. The molecule has 0 spiro atoms. The van der Waals surface area contributed by atoms with Gasteiger partial charge in [0.2, 0.25) is 0 Å². The van der Waals surface area contributed by atoms with Crippen LogP contribution in [0, 0.1) is 5.92 Å². The van der Waals surface area contributed by atoms with Gasteiger partial charge in [0.25, 0.3) is 0 Å². The van der Waals surface area contributed by atoms with Crippen molar-refractivity contribution in [2.75, 3.05) is 0 Å². The average molecular weight is 238 g/mol. The Kier molecular flexibility index (Phi) is 4.68. The molecule has 0 saturated heterocycles. The molecule has 1 unspecified atom stereocenters. The van der Waals surface area contributed by atoms with Crippen molar-refractivity contribution < 1.29 is 4.74 Å². The van der Waals surface area contributed by atoms with Crippen LogP contribution in [0.4, 0.5) is 0 Å². The molecule has 0 aliphatic heterocycles. The summed E-state index contributed by atoms with van der Waals surface area (Å²) in [6.07, 6.45) is 4.45. The molecule has 0 saturated carbocycles. The molecule has 0 amide bonds. The summed E-state index contributed by atoms with van der Waals surface area (Å²) in [4.78, 5) is 4.36. The van der Waals surface area contributed by atoms with Crippen molar-refractivity contribution in [3.8, 4) is 5.75 Å². The zero-order valence-electron chi connectivity index (χ0n) is 9.93. The maximum Gasteiger partial charge on any atom is 0.148 e. The van der Waals surface area contributed by atoms with Gasteiger partial charge >= 0.3 is 0 Å². The number of nitrogens with zero attached hydrogens (tertiary/aromatic N) is 1. The Labute approximate surface area is 102 Å². The van der Waals surface area contributed by atoms with Crippen LogP contribution < -0.4 is 10.5 Å². The molecule has 0 aromatic carbocycles. The van der Waals surface area contributed by atoms with Crippen LogP contribution in [0.1, 0.15) is 32.8 Å². The zero-order valence-corrected chi connectivity index (χ0v) is 10.8. The summed E-state index contributed by atoms with van der Waals surface area (Å²) in [6, 6.07) is 1.78. The van der Waals surface area contributed by atoms with Crippen LogP contribution in [-0.2, 0) is 0 Å². The Balaban J connectivity index is 2.76. The summed E-state index contributed by atoms with van der Waals surface area (Å²) in [7, 11) is 0. The fourth-order valence-electron chi connectivity index (χ4n) is 1.61. The van der Waals surface area contributed by atoms with E-state index < -0.39 is 0 Å². The predicted molar refractivity (Wildman–Crippen MR) is 69.7 cm³/mol. The van der Waals surface area contributed by atoms with Gasteiger partial charge in [-0.25, -0.2) is 0 Å². The quantitative estimate of drug-likeness (QED) is 0.801. The van der Waals surface area contributed by atoms with E-state index in [0.29, 0.717) is 16.7 Å². The molecule has 1 aromatic heterocycles. The third-order valence-corrected chi connectivity index (χ3v) is 2.40. The molecule has 88 valence electrons. The van der Waals surface area contributed by atoms with Crippen LogP contribution in [0.15, 0.2) is 18.5 Å². The maximum absolute atomic E-state index is 5.79. The molecule has 0 bridgehead atoms. The second kappa shape index (κ2) is 5.80. The van der Waals surface area contributed by atoms with E-state index >= 15 is 0 Å². The van der Waals surface area contributed by atoms with Gasteiger partial charge in [0, 0.05) is 6.20 Å². The summed E-state index contributed by atoms with van der Waals surface area (Å²) in [5, 5.41) is 0. The SMILES string of the molecule is CC(C)CC(C)Oc1cnccc1C(N)=S. The lowest BCUT2D eigenvalue weighted by Crippen LogP contribution is -2.18. The van der Waals surface area contributed by atoms with E-state index in [1.807, 2.05) is 6.92 Å². The van der Waals surface area contributed by atoms with Crippen molar-refractivity contribution in [3.05, 3.63) is 24.0 Å². The molecule has 0 aliphatic carbocycles. The Bertz CT molecular complexity index is 366. The maximum atomic E-state index is 5.79. The van der Waals surface area contributed by atoms with Crippen molar-refractivity contribution >= 4 is 17.2 Å². The number of ether oxygens (including phenoxy) is 1. The summed E-state index contributed by atoms with van der Waals surface area (Å²) in [6.45, 7) is 6.37. The standard InChI is InChI=1S/C12H18N2OS/c1-8(2)6-9(3)15-11-7-14-5-4-10(11)12(13)16/h4-5,7-9H,6H2,1-3H3,(H2,13,16). The van der Waals surface area contributed by atoms with Gasteiger partial charge in [-0.05, 0) is 25.3 Å². The molecule has 2 N–H and O–H groups in total. The first-order valence-electron chi connectivity index (χ1n) is 5.41. The number of nitrogens with two attached hydrogens (primary N) is 1. The van der Waals surface area contributed by atoms with Crippen LogP contribution >= 0.6 is 12.2 Å². The minimum atomic E-state index is 0.136. The molecule has 0 aliphatic rings. The highest BCUT2D eigenvalue weighted by Crippen LogP contribution is 2.19. The summed E-state index contributed by atoms with van der Waals surface area (Å²) >= 11 is 4.96. The second-order valence-corrected chi connectivity index (χ2v) is 4.73. The van der Waals surface area contributed by atoms with E-state index in [-0.39, 0.29) is 6.10 Å². The summed E-state index contributed by atoms with van der Waals surface area (Å²) in [5.41, 5.74) is 6.37. The number of aromatic nitrogens is 1. The van der Waals surface area contributed by atoms with Gasteiger partial charge in [-0.3, -0.25) is 4.98 Å². The van der Waals surface area contributed by atoms with Gasteiger partial charge in [-0.2, -0.15) is 0 Å². The van der Waals surface area contributed by atoms with Crippen molar-refractivity contribution in [2.24, 2.45) is 11.7 Å². The van der Waals surface area contributed by atoms with Gasteiger partial charge in [-0.1, -0.05) is 26.1 Å². The third kappa shape index (κ3) is 3.77. The van der Waals surface area contributed by atoms with E-state index in [1.54, 1.807) is 18.5 Å². The highest BCUT2D eigenvalue weighted by atomic mass is 32.1. The smallest absolute Gasteiger partial charge is 0.148 e. The van der Waals surface area contributed by atoms with Crippen molar-refractivity contribution in [2.45, 2.75) is 33.3 Å². The first-order chi connectivity index (χ1) is 7.50. The van der Waals surface area contributed by atoms with E-state index in [2.05, 4.69) is 18.8 Å². The molecular weight excluding hydrogens is 220 g/mol. The largest absolute Gasteiger partial charge is 0.488 e. The van der Waals surface area contributed by atoms with Crippen LogP contribution in [0.25, 0.3) is 0 Å². The monoisotopic (exact) mass is 238 g/mol. The van der Waals surface area contributed by atoms with Crippen LogP contribution in [0.3, 0.4) is 0 Å². The van der Waals surface area contributed by atoms with Gasteiger partial charge < -0.3 is 10.5 Å². The molecular formula is C12H18N2OS. The predicted octanol–water partition coefficient (Wildman–Crippen LogP) is 2.53. The molecule has 0 fully saturated rings. The molecule has 1 rings (SSSR count). The van der Waals surface area contributed by atoms with Crippen molar-refractivity contribution in [3.63, 3.8) is 0 Å². The van der Waals surface area contributed by atoms with E-state index in [1.165, 1.54) is 0 Å². The Morgan fingerprint density at radius 1 is 1.50 bits per heavy atom. The Morgan fingerprint density at radius 3 is 2.75 bits per heavy atom. The average Bonchev–Trinajstić information content (AvgIpc) is 2.16. The molecule has 3 nitrogen and oxygen atoms in total. The van der Waals surface area contributed by atoms with E-state index in [9.17, 15) is 0 Å². The lowest BCUT2D eigenvalue weighted by molar-refractivity contribution is 0.192. The molecule has 4 heteroatoms. The summed E-state index contributed by atoms with van der Waals surface area (Å²) in [5.74, 6) is 1.27. The molecule has 16 heavy (non-hydrogen) atoms. The van der Waals surface area contributed by atoms with Gasteiger partial charge in [0.05, 0.1) is 17.9 Å². The number of rotatable bonds is 5. The highest BCUT2D eigenvalue weighted by molar-refractivity contribution is 7.80. The third-order valence-electron chi connectivity index (χ3n) is 2.18. The normalized spacial score (nSPS) is 12.5. The van der Waals surface area contributed by atoms with Crippen molar-refractivity contribution in [1.82, 2.24) is 4.98 Å². The molecule has 1 aromatic rings. The molecule has 0 radical (unpaired) electrons. The molecule has 1 atom stereocenters. The fourth-order valence-corrected chi connectivity index (χ4v) is 1.77. The zero-order chi connectivity index (χ0) is 12.1. The number of thiocarbonyl (C=S) groups is 1. The highest BCUT2D eigenvalue weighted by Gasteiger charge is 2.11. The van der Waals surface area contributed by atoms with Gasteiger partial charge in [0.15, 0.2) is 0 Å². The molecule has 1 heterocycles. The van der Waals surface area contributed by atoms with Crippen LogP contribution in [0.5, 0.6) is 5.75 Å². The minimum Gasteiger partial charge on any atom is -0.488 e. The van der Waals surface area contributed by atoms with E-state index in [0.717, 1.165) is 12.0 Å². The Morgan fingerprint density at radius 2 is 2.19 bits per heavy atom. The van der Waals surface area contributed by atoms with Crippen LogP contribution in [0.2, 0.25) is 0 Å². The van der Waals surface area contributed by atoms with Gasteiger partial charge in [-0.15, -0.1) is 0 Å². The topological polar surface area (TPSA) is 48.1 Å². The van der Waals surface area contributed by atoms with Crippen LogP contribution in [-0.4, -0.2) is 16.1 Å². The number of pyridine rings is 1. The summed E-state index contributed by atoms with van der Waals surface area (Å²) < 4.78 is 5.79. The Hall–Kier alpha value is -1.16. The lowest BCUT2D eigenvalue weighted by Gasteiger charge is -2.18. The first-order valence-corrected chi connectivity index (χ1v) is 5.82. The lowest BCUT2D eigenvalue weighted by atomic mass is 10.1. The van der Waals surface area contributed by atoms with Gasteiger partial charge in [0.1, 0.15) is 10.7 Å². The first kappa shape index (κ1) is 12.9. The van der Waals surface area contributed by atoms with E-state index in [4.69, 9.17) is 22.7 Å². The number of hydrogen-bond donors (Lipinski definition) is 1. The van der Waals surface area contributed by atoms with Crippen molar-refractivity contribution in [1.29, 1.82) is 0 Å². The number of hydrogen-bond acceptors (Lipinski definition) is 3. The second-order valence-electron chi connectivity index (χ2n) is 4.29.